The van der Waals surface area contributed by atoms with E-state index in [4.69, 9.17) is 4.74 Å². The molecule has 1 N–H and O–H groups in total. The molecule has 0 spiro atoms. The number of anilines is 1. The van der Waals surface area contributed by atoms with Crippen LogP contribution in [0.15, 0.2) is 42.5 Å². The predicted molar refractivity (Wildman–Crippen MR) is 107 cm³/mol. The van der Waals surface area contributed by atoms with E-state index in [1.54, 1.807) is 6.92 Å². The van der Waals surface area contributed by atoms with Crippen molar-refractivity contribution in [1.29, 1.82) is 0 Å². The van der Waals surface area contributed by atoms with Crippen LogP contribution < -0.4 is 10.1 Å². The summed E-state index contributed by atoms with van der Waals surface area (Å²) in [7, 11) is 0. The number of hydrogen-bond donors (Lipinski definition) is 1. The molecule has 138 valence electrons. The van der Waals surface area contributed by atoms with Crippen molar-refractivity contribution >= 4 is 11.6 Å². The second-order valence-electron chi connectivity index (χ2n) is 7.19. The molecule has 0 unspecified atom stereocenters. The number of amides is 1. The summed E-state index contributed by atoms with van der Waals surface area (Å²) in [5, 5.41) is 2.94. The van der Waals surface area contributed by atoms with Crippen LogP contribution in [0.3, 0.4) is 0 Å². The van der Waals surface area contributed by atoms with Gasteiger partial charge in [-0.25, -0.2) is 0 Å². The zero-order valence-electron chi connectivity index (χ0n) is 15.9. The van der Waals surface area contributed by atoms with Gasteiger partial charge in [-0.05, 0) is 86.4 Å². The highest BCUT2D eigenvalue weighted by molar-refractivity contribution is 5.94. The van der Waals surface area contributed by atoms with Crippen molar-refractivity contribution < 1.29 is 9.53 Å². The molecule has 0 heterocycles. The molecule has 3 heteroatoms. The Labute approximate surface area is 156 Å². The quantitative estimate of drug-likeness (QED) is 0.734. The molecule has 0 aliphatic heterocycles. The van der Waals surface area contributed by atoms with Crippen LogP contribution >= 0.6 is 0 Å². The first-order chi connectivity index (χ1) is 12.7. The molecule has 0 bridgehead atoms. The largest absolute Gasteiger partial charge is 0.481 e. The number of aryl methyl sites for hydroxylation is 3. The predicted octanol–water partition coefficient (Wildman–Crippen LogP) is 5.31. The van der Waals surface area contributed by atoms with Gasteiger partial charge in [0.2, 0.25) is 0 Å². The highest BCUT2D eigenvalue weighted by Crippen LogP contribution is 2.26. The smallest absolute Gasteiger partial charge is 0.265 e. The van der Waals surface area contributed by atoms with Crippen molar-refractivity contribution in [2.45, 2.75) is 64.9 Å². The maximum atomic E-state index is 12.4. The summed E-state index contributed by atoms with van der Waals surface area (Å²) in [5.74, 6) is 0.659. The Morgan fingerprint density at radius 3 is 2.54 bits per heavy atom. The lowest BCUT2D eigenvalue weighted by Gasteiger charge is -2.19. The number of fused-ring (bicyclic) bond motifs is 1. The van der Waals surface area contributed by atoms with Crippen molar-refractivity contribution in [2.75, 3.05) is 5.32 Å². The lowest BCUT2D eigenvalue weighted by Crippen LogP contribution is -2.30. The van der Waals surface area contributed by atoms with E-state index < -0.39 is 6.10 Å². The maximum absolute atomic E-state index is 12.4. The molecule has 0 saturated heterocycles. The first-order valence-corrected chi connectivity index (χ1v) is 9.84. The average Bonchev–Trinajstić information content (AvgIpc) is 2.67. The fourth-order valence-corrected chi connectivity index (χ4v) is 3.42. The summed E-state index contributed by atoms with van der Waals surface area (Å²) < 4.78 is 5.88. The minimum atomic E-state index is -0.531. The number of benzene rings is 2. The van der Waals surface area contributed by atoms with Crippen molar-refractivity contribution in [3.63, 3.8) is 0 Å². The fourth-order valence-electron chi connectivity index (χ4n) is 3.42. The van der Waals surface area contributed by atoms with E-state index in [0.29, 0.717) is 0 Å². The third-order valence-electron chi connectivity index (χ3n) is 5.04. The topological polar surface area (TPSA) is 38.3 Å². The van der Waals surface area contributed by atoms with Crippen LogP contribution in [-0.2, 0) is 24.1 Å². The standard InChI is InChI=1S/C23H29NO2/c1-3-4-7-18-10-13-21(14-11-18)24-23(25)17(2)26-22-15-12-19-8-5-6-9-20(19)16-22/h10-17H,3-9H2,1-2H3,(H,24,25)/t17-/m0/s1. The Kier molecular flexibility index (Phi) is 6.32. The number of ether oxygens (including phenoxy) is 1. The molecule has 3 rings (SSSR count). The molecule has 0 radical (unpaired) electrons. The minimum absolute atomic E-state index is 0.121. The number of hydrogen-bond acceptors (Lipinski definition) is 2. The van der Waals surface area contributed by atoms with E-state index in [2.05, 4.69) is 36.5 Å². The number of nitrogens with one attached hydrogen (secondary N) is 1. The van der Waals surface area contributed by atoms with Gasteiger partial charge in [0.15, 0.2) is 6.10 Å². The zero-order chi connectivity index (χ0) is 18.4. The normalized spacial score (nSPS) is 14.4. The Morgan fingerprint density at radius 1 is 1.08 bits per heavy atom. The summed E-state index contributed by atoms with van der Waals surface area (Å²) in [6.07, 6.45) is 7.70. The summed E-state index contributed by atoms with van der Waals surface area (Å²) in [4.78, 5) is 12.4. The number of unbranched alkanes of at least 4 members (excludes halogenated alkanes) is 1. The van der Waals surface area contributed by atoms with Gasteiger partial charge in [-0.3, -0.25) is 4.79 Å². The summed E-state index contributed by atoms with van der Waals surface area (Å²) in [6.45, 7) is 3.99. The van der Waals surface area contributed by atoms with Crippen LogP contribution in [0.5, 0.6) is 5.75 Å². The fraction of sp³-hybridized carbons (Fsp3) is 0.435. The van der Waals surface area contributed by atoms with Crippen molar-refractivity contribution in [2.24, 2.45) is 0 Å². The Morgan fingerprint density at radius 2 is 1.81 bits per heavy atom. The van der Waals surface area contributed by atoms with Gasteiger partial charge in [0.05, 0.1) is 0 Å². The third kappa shape index (κ3) is 4.87. The van der Waals surface area contributed by atoms with Crippen LogP contribution in [0.2, 0.25) is 0 Å². The zero-order valence-corrected chi connectivity index (χ0v) is 15.9. The minimum Gasteiger partial charge on any atom is -0.481 e. The van der Waals surface area contributed by atoms with Crippen LogP contribution in [0.4, 0.5) is 5.69 Å². The summed E-state index contributed by atoms with van der Waals surface area (Å²) in [6, 6.07) is 14.3. The van der Waals surface area contributed by atoms with E-state index in [-0.39, 0.29) is 5.91 Å². The Balaban J connectivity index is 1.56. The third-order valence-corrected chi connectivity index (χ3v) is 5.04. The van der Waals surface area contributed by atoms with Crippen LogP contribution in [0.1, 0.15) is 56.2 Å². The molecule has 2 aromatic rings. The monoisotopic (exact) mass is 351 g/mol. The molecule has 26 heavy (non-hydrogen) atoms. The molecule has 0 saturated carbocycles. The summed E-state index contributed by atoms with van der Waals surface area (Å²) in [5.41, 5.74) is 4.91. The maximum Gasteiger partial charge on any atom is 0.265 e. The van der Waals surface area contributed by atoms with Crippen molar-refractivity contribution in [3.05, 3.63) is 59.2 Å². The number of carbonyl (C=O) groups excluding carboxylic acids is 1. The molecular formula is C23H29NO2. The van der Waals surface area contributed by atoms with Gasteiger partial charge in [-0.15, -0.1) is 0 Å². The molecule has 1 amide bonds. The van der Waals surface area contributed by atoms with Gasteiger partial charge in [-0.1, -0.05) is 31.5 Å². The number of carbonyl (C=O) groups is 1. The average molecular weight is 351 g/mol. The first-order valence-electron chi connectivity index (χ1n) is 9.84. The molecule has 3 nitrogen and oxygen atoms in total. The van der Waals surface area contributed by atoms with Crippen molar-refractivity contribution in [3.8, 4) is 5.75 Å². The van der Waals surface area contributed by atoms with Gasteiger partial charge < -0.3 is 10.1 Å². The lowest BCUT2D eigenvalue weighted by atomic mass is 9.92. The van der Waals surface area contributed by atoms with Gasteiger partial charge >= 0.3 is 0 Å². The Hall–Kier alpha value is -2.29. The molecular weight excluding hydrogens is 322 g/mol. The summed E-state index contributed by atoms with van der Waals surface area (Å²) >= 11 is 0. The molecule has 1 atom stereocenters. The second-order valence-corrected chi connectivity index (χ2v) is 7.19. The van der Waals surface area contributed by atoms with Crippen LogP contribution in [0, 0.1) is 0 Å². The molecule has 0 fully saturated rings. The van der Waals surface area contributed by atoms with E-state index >= 15 is 0 Å². The van der Waals surface area contributed by atoms with E-state index in [1.807, 2.05) is 18.2 Å². The first kappa shape index (κ1) is 18.5. The molecule has 1 aliphatic carbocycles. The van der Waals surface area contributed by atoms with Crippen molar-refractivity contribution in [1.82, 2.24) is 0 Å². The number of rotatable bonds is 7. The van der Waals surface area contributed by atoms with Crippen LogP contribution in [0.25, 0.3) is 0 Å². The van der Waals surface area contributed by atoms with Gasteiger partial charge in [-0.2, -0.15) is 0 Å². The van der Waals surface area contributed by atoms with E-state index in [0.717, 1.165) is 30.7 Å². The van der Waals surface area contributed by atoms with E-state index in [1.165, 1.54) is 42.4 Å². The van der Waals surface area contributed by atoms with Crippen LogP contribution in [-0.4, -0.2) is 12.0 Å². The van der Waals surface area contributed by atoms with Gasteiger partial charge in [0.1, 0.15) is 5.75 Å². The SMILES string of the molecule is CCCCc1ccc(NC(=O)[C@H](C)Oc2ccc3c(c2)CCCC3)cc1. The molecule has 1 aliphatic rings. The Bertz CT molecular complexity index is 736. The van der Waals surface area contributed by atoms with E-state index in [9.17, 15) is 4.79 Å². The highest BCUT2D eigenvalue weighted by Gasteiger charge is 2.16. The molecule has 0 aromatic heterocycles. The highest BCUT2D eigenvalue weighted by atomic mass is 16.5. The second kappa shape index (κ2) is 8.88. The lowest BCUT2D eigenvalue weighted by molar-refractivity contribution is -0.122. The van der Waals surface area contributed by atoms with Gasteiger partial charge in [0.25, 0.3) is 5.91 Å². The molecule has 2 aromatic carbocycles. The van der Waals surface area contributed by atoms with Gasteiger partial charge in [0, 0.05) is 5.69 Å².